The summed E-state index contributed by atoms with van der Waals surface area (Å²) >= 11 is 0. The molecule has 0 aliphatic rings. The van der Waals surface area contributed by atoms with E-state index in [1.165, 1.54) is 0 Å². The summed E-state index contributed by atoms with van der Waals surface area (Å²) in [5.74, 6) is 7.26. The lowest BCUT2D eigenvalue weighted by Gasteiger charge is -2.21. The monoisotopic (exact) mass is 253 g/mol. The SMILES string of the molecule is COc1ccc(OC)c(C(CCN(C)C)NN)c1. The van der Waals surface area contributed by atoms with Crippen LogP contribution in [0.1, 0.15) is 18.0 Å². The predicted octanol–water partition coefficient (Wildman–Crippen LogP) is 1.16. The summed E-state index contributed by atoms with van der Waals surface area (Å²) in [5.41, 5.74) is 3.85. The Labute approximate surface area is 109 Å². The lowest BCUT2D eigenvalue weighted by Crippen LogP contribution is -2.31. The van der Waals surface area contributed by atoms with E-state index in [1.807, 2.05) is 32.3 Å². The van der Waals surface area contributed by atoms with E-state index in [4.69, 9.17) is 15.3 Å². The fourth-order valence-corrected chi connectivity index (χ4v) is 1.83. The first-order valence-corrected chi connectivity index (χ1v) is 5.95. The van der Waals surface area contributed by atoms with Crippen LogP contribution in [-0.4, -0.2) is 39.8 Å². The van der Waals surface area contributed by atoms with Crippen molar-refractivity contribution >= 4 is 0 Å². The van der Waals surface area contributed by atoms with Crippen LogP contribution in [0.4, 0.5) is 0 Å². The molecule has 5 heteroatoms. The molecule has 1 unspecified atom stereocenters. The maximum absolute atomic E-state index is 5.64. The molecule has 0 aromatic heterocycles. The van der Waals surface area contributed by atoms with Crippen molar-refractivity contribution in [2.24, 2.45) is 5.84 Å². The lowest BCUT2D eigenvalue weighted by molar-refractivity contribution is 0.350. The quantitative estimate of drug-likeness (QED) is 0.564. The number of hydrazine groups is 1. The summed E-state index contributed by atoms with van der Waals surface area (Å²) in [6.45, 7) is 0.940. The molecule has 0 radical (unpaired) electrons. The molecule has 1 aromatic rings. The van der Waals surface area contributed by atoms with E-state index in [0.29, 0.717) is 0 Å². The summed E-state index contributed by atoms with van der Waals surface area (Å²) in [6.07, 6.45) is 0.896. The molecule has 0 amide bonds. The third kappa shape index (κ3) is 3.87. The van der Waals surface area contributed by atoms with Crippen LogP contribution in [0.25, 0.3) is 0 Å². The summed E-state index contributed by atoms with van der Waals surface area (Å²) in [6, 6.07) is 5.77. The fraction of sp³-hybridized carbons (Fsp3) is 0.538. The highest BCUT2D eigenvalue weighted by Crippen LogP contribution is 2.30. The van der Waals surface area contributed by atoms with E-state index < -0.39 is 0 Å². The van der Waals surface area contributed by atoms with E-state index >= 15 is 0 Å². The van der Waals surface area contributed by atoms with Crippen molar-refractivity contribution in [2.45, 2.75) is 12.5 Å². The number of hydrogen-bond donors (Lipinski definition) is 2. The summed E-state index contributed by atoms with van der Waals surface area (Å²) < 4.78 is 10.6. The highest BCUT2D eigenvalue weighted by Gasteiger charge is 2.16. The van der Waals surface area contributed by atoms with Gasteiger partial charge >= 0.3 is 0 Å². The first-order valence-electron chi connectivity index (χ1n) is 5.95. The molecule has 1 aromatic carbocycles. The Morgan fingerprint density at radius 1 is 1.28 bits per heavy atom. The van der Waals surface area contributed by atoms with Gasteiger partial charge in [-0.25, -0.2) is 0 Å². The molecule has 0 heterocycles. The average molecular weight is 253 g/mol. The van der Waals surface area contributed by atoms with Gasteiger partial charge in [-0.05, 0) is 45.3 Å². The van der Waals surface area contributed by atoms with Crippen LogP contribution in [-0.2, 0) is 0 Å². The Hall–Kier alpha value is -1.30. The molecule has 5 nitrogen and oxygen atoms in total. The van der Waals surface area contributed by atoms with Crippen molar-refractivity contribution in [3.63, 3.8) is 0 Å². The molecule has 0 fully saturated rings. The zero-order chi connectivity index (χ0) is 13.5. The number of ether oxygens (including phenoxy) is 2. The molecular weight excluding hydrogens is 230 g/mol. The molecular formula is C13H23N3O2. The van der Waals surface area contributed by atoms with Crippen molar-refractivity contribution in [3.8, 4) is 11.5 Å². The minimum atomic E-state index is 0.0393. The molecule has 0 bridgehead atoms. The molecule has 0 aliphatic carbocycles. The van der Waals surface area contributed by atoms with Gasteiger partial charge in [0.25, 0.3) is 0 Å². The van der Waals surface area contributed by atoms with Gasteiger partial charge in [-0.15, -0.1) is 0 Å². The van der Waals surface area contributed by atoms with Crippen molar-refractivity contribution in [2.75, 3.05) is 34.9 Å². The maximum atomic E-state index is 5.64. The van der Waals surface area contributed by atoms with Gasteiger partial charge < -0.3 is 14.4 Å². The van der Waals surface area contributed by atoms with Crippen LogP contribution < -0.4 is 20.7 Å². The number of methoxy groups -OCH3 is 2. The highest BCUT2D eigenvalue weighted by atomic mass is 16.5. The number of benzene rings is 1. The molecule has 0 saturated heterocycles. The maximum Gasteiger partial charge on any atom is 0.123 e. The van der Waals surface area contributed by atoms with Crippen molar-refractivity contribution < 1.29 is 9.47 Å². The third-order valence-electron chi connectivity index (χ3n) is 2.88. The van der Waals surface area contributed by atoms with Crippen LogP contribution in [0.3, 0.4) is 0 Å². The van der Waals surface area contributed by atoms with Gasteiger partial charge in [0, 0.05) is 5.56 Å². The molecule has 3 N–H and O–H groups in total. The number of hydrogen-bond acceptors (Lipinski definition) is 5. The summed E-state index contributed by atoms with van der Waals surface area (Å²) in [4.78, 5) is 2.12. The Balaban J connectivity index is 2.94. The lowest BCUT2D eigenvalue weighted by atomic mass is 10.0. The smallest absolute Gasteiger partial charge is 0.123 e. The topological polar surface area (TPSA) is 59.8 Å². The first-order chi connectivity index (χ1) is 8.62. The number of nitrogens with one attached hydrogen (secondary N) is 1. The van der Waals surface area contributed by atoms with Crippen LogP contribution in [0.15, 0.2) is 18.2 Å². The van der Waals surface area contributed by atoms with Crippen molar-refractivity contribution in [3.05, 3.63) is 23.8 Å². The molecule has 0 aliphatic heterocycles. The molecule has 102 valence electrons. The molecule has 1 atom stereocenters. The fourth-order valence-electron chi connectivity index (χ4n) is 1.83. The zero-order valence-corrected chi connectivity index (χ0v) is 11.6. The van der Waals surface area contributed by atoms with E-state index in [9.17, 15) is 0 Å². The van der Waals surface area contributed by atoms with Crippen molar-refractivity contribution in [1.29, 1.82) is 0 Å². The minimum absolute atomic E-state index is 0.0393. The predicted molar refractivity (Wildman–Crippen MR) is 72.8 cm³/mol. The Kier molecular flexibility index (Phi) is 5.91. The Morgan fingerprint density at radius 3 is 2.50 bits per heavy atom. The molecule has 1 rings (SSSR count). The third-order valence-corrected chi connectivity index (χ3v) is 2.88. The van der Waals surface area contributed by atoms with E-state index in [2.05, 4.69) is 10.3 Å². The summed E-state index contributed by atoms with van der Waals surface area (Å²) in [5, 5.41) is 0. The van der Waals surface area contributed by atoms with Crippen LogP contribution in [0, 0.1) is 0 Å². The molecule has 18 heavy (non-hydrogen) atoms. The van der Waals surface area contributed by atoms with Crippen LogP contribution in [0.5, 0.6) is 11.5 Å². The number of rotatable bonds is 7. The number of nitrogens with two attached hydrogens (primary N) is 1. The first kappa shape index (κ1) is 14.8. The van der Waals surface area contributed by atoms with Crippen molar-refractivity contribution in [1.82, 2.24) is 10.3 Å². The average Bonchev–Trinajstić information content (AvgIpc) is 2.38. The minimum Gasteiger partial charge on any atom is -0.497 e. The zero-order valence-electron chi connectivity index (χ0n) is 11.6. The van der Waals surface area contributed by atoms with Gasteiger partial charge in [0.15, 0.2) is 0 Å². The van der Waals surface area contributed by atoms with Gasteiger partial charge in [-0.2, -0.15) is 0 Å². The second kappa shape index (κ2) is 7.20. The van der Waals surface area contributed by atoms with Crippen LogP contribution >= 0.6 is 0 Å². The van der Waals surface area contributed by atoms with Gasteiger partial charge in [-0.3, -0.25) is 11.3 Å². The second-order valence-corrected chi connectivity index (χ2v) is 4.42. The standard InChI is InChI=1S/C13H23N3O2/c1-16(2)8-7-12(15-14)11-9-10(17-3)5-6-13(11)18-4/h5-6,9,12,15H,7-8,14H2,1-4H3. The van der Waals surface area contributed by atoms with Gasteiger partial charge in [-0.1, -0.05) is 0 Å². The second-order valence-electron chi connectivity index (χ2n) is 4.42. The van der Waals surface area contributed by atoms with Crippen LogP contribution in [0.2, 0.25) is 0 Å². The van der Waals surface area contributed by atoms with Gasteiger partial charge in [0.05, 0.1) is 20.3 Å². The van der Waals surface area contributed by atoms with E-state index in [-0.39, 0.29) is 6.04 Å². The number of nitrogens with zero attached hydrogens (tertiary/aromatic N) is 1. The van der Waals surface area contributed by atoms with Gasteiger partial charge in [0.1, 0.15) is 11.5 Å². The summed E-state index contributed by atoms with van der Waals surface area (Å²) in [7, 11) is 7.38. The normalized spacial score (nSPS) is 12.6. The van der Waals surface area contributed by atoms with Gasteiger partial charge in [0.2, 0.25) is 0 Å². The Bertz CT molecular complexity index is 369. The Morgan fingerprint density at radius 2 is 2.00 bits per heavy atom. The van der Waals surface area contributed by atoms with E-state index in [1.54, 1.807) is 14.2 Å². The molecule has 0 saturated carbocycles. The highest BCUT2D eigenvalue weighted by molar-refractivity contribution is 5.42. The molecule has 0 spiro atoms. The largest absolute Gasteiger partial charge is 0.497 e. The van der Waals surface area contributed by atoms with E-state index in [0.717, 1.165) is 30.0 Å².